The highest BCUT2D eigenvalue weighted by Crippen LogP contribution is 2.30. The largest absolute Gasteiger partial charge is 0.381 e. The lowest BCUT2D eigenvalue weighted by molar-refractivity contribution is 0.392. The van der Waals surface area contributed by atoms with E-state index in [-0.39, 0.29) is 0 Å². The monoisotopic (exact) mass is 305 g/mol. The Bertz CT molecular complexity index is 729. The lowest BCUT2D eigenvalue weighted by atomic mass is 10.2. The summed E-state index contributed by atoms with van der Waals surface area (Å²) in [7, 11) is 0. The van der Waals surface area contributed by atoms with Crippen LogP contribution >= 0.6 is 23.1 Å². The average Bonchev–Trinajstić information content (AvgIpc) is 3.00. The molecule has 0 saturated carbocycles. The standard InChI is InChI=1S/C14H15N3OS2/c1-8-11(9(2)18-17-8)7-15-10-4-5-12-13(6-10)20-14(16-12)19-3/h4-6,15H,7H2,1-3H3. The second-order valence-electron chi connectivity index (χ2n) is 4.52. The Morgan fingerprint density at radius 3 is 2.90 bits per heavy atom. The number of hydrogen-bond acceptors (Lipinski definition) is 6. The Morgan fingerprint density at radius 1 is 1.35 bits per heavy atom. The summed E-state index contributed by atoms with van der Waals surface area (Å²) in [6.07, 6.45) is 2.05. The predicted octanol–water partition coefficient (Wildman–Crippen LogP) is 4.24. The fraction of sp³-hybridized carbons (Fsp3) is 0.286. The molecule has 0 saturated heterocycles. The first kappa shape index (κ1) is 13.5. The maximum atomic E-state index is 5.17. The van der Waals surface area contributed by atoms with Gasteiger partial charge in [-0.3, -0.25) is 0 Å². The van der Waals surface area contributed by atoms with E-state index in [4.69, 9.17) is 4.52 Å². The maximum Gasteiger partial charge on any atom is 0.150 e. The van der Waals surface area contributed by atoms with Gasteiger partial charge in [-0.15, -0.1) is 11.3 Å². The molecule has 20 heavy (non-hydrogen) atoms. The lowest BCUT2D eigenvalue weighted by Crippen LogP contribution is -2.01. The summed E-state index contributed by atoms with van der Waals surface area (Å²) in [5, 5.41) is 7.39. The fourth-order valence-electron chi connectivity index (χ4n) is 2.05. The molecule has 0 radical (unpaired) electrons. The van der Waals surface area contributed by atoms with Crippen molar-refractivity contribution >= 4 is 39.0 Å². The molecular weight excluding hydrogens is 290 g/mol. The van der Waals surface area contributed by atoms with Crippen molar-refractivity contribution in [3.05, 3.63) is 35.2 Å². The molecule has 0 aliphatic rings. The molecule has 3 aromatic rings. The summed E-state index contributed by atoms with van der Waals surface area (Å²) in [6.45, 7) is 4.62. The van der Waals surface area contributed by atoms with Crippen LogP contribution in [-0.2, 0) is 6.54 Å². The van der Waals surface area contributed by atoms with Crippen LogP contribution in [0.15, 0.2) is 27.1 Å². The van der Waals surface area contributed by atoms with Crippen LogP contribution in [0.5, 0.6) is 0 Å². The number of rotatable bonds is 4. The van der Waals surface area contributed by atoms with Crippen LogP contribution < -0.4 is 5.32 Å². The van der Waals surface area contributed by atoms with Gasteiger partial charge in [0.1, 0.15) is 5.76 Å². The highest BCUT2D eigenvalue weighted by atomic mass is 32.2. The number of benzene rings is 1. The number of aryl methyl sites for hydroxylation is 2. The highest BCUT2D eigenvalue weighted by molar-refractivity contribution is 8.00. The molecule has 1 N–H and O–H groups in total. The number of nitrogens with zero attached hydrogens (tertiary/aromatic N) is 2. The molecule has 0 fully saturated rings. The molecular formula is C14H15N3OS2. The second-order valence-corrected chi connectivity index (χ2v) is 6.61. The molecule has 3 rings (SSSR count). The third-order valence-corrected chi connectivity index (χ3v) is 5.20. The lowest BCUT2D eigenvalue weighted by Gasteiger charge is -2.05. The van der Waals surface area contributed by atoms with Gasteiger partial charge in [-0.2, -0.15) is 0 Å². The van der Waals surface area contributed by atoms with Crippen LogP contribution in [0, 0.1) is 13.8 Å². The van der Waals surface area contributed by atoms with Crippen molar-refractivity contribution in [1.29, 1.82) is 0 Å². The molecule has 6 heteroatoms. The first-order chi connectivity index (χ1) is 9.67. The molecule has 0 aliphatic carbocycles. The van der Waals surface area contributed by atoms with Gasteiger partial charge >= 0.3 is 0 Å². The molecule has 1 aromatic carbocycles. The number of aromatic nitrogens is 2. The van der Waals surface area contributed by atoms with Crippen LogP contribution in [-0.4, -0.2) is 16.4 Å². The Kier molecular flexibility index (Phi) is 3.67. The van der Waals surface area contributed by atoms with Crippen molar-refractivity contribution in [2.24, 2.45) is 0 Å². The summed E-state index contributed by atoms with van der Waals surface area (Å²) in [5.74, 6) is 0.874. The zero-order valence-electron chi connectivity index (χ0n) is 11.6. The minimum absolute atomic E-state index is 0.723. The van der Waals surface area contributed by atoms with E-state index in [2.05, 4.69) is 33.7 Å². The van der Waals surface area contributed by atoms with E-state index in [9.17, 15) is 0 Å². The van der Waals surface area contributed by atoms with E-state index in [1.807, 2.05) is 20.1 Å². The molecule has 104 valence electrons. The number of hydrogen-bond donors (Lipinski definition) is 1. The first-order valence-electron chi connectivity index (χ1n) is 6.27. The van der Waals surface area contributed by atoms with Crippen LogP contribution in [0.2, 0.25) is 0 Å². The van der Waals surface area contributed by atoms with Gasteiger partial charge in [0, 0.05) is 17.8 Å². The van der Waals surface area contributed by atoms with E-state index in [1.165, 1.54) is 4.70 Å². The van der Waals surface area contributed by atoms with Crippen molar-refractivity contribution < 1.29 is 4.52 Å². The summed E-state index contributed by atoms with van der Waals surface area (Å²) in [6, 6.07) is 6.26. The summed E-state index contributed by atoms with van der Waals surface area (Å²) in [5.41, 5.74) is 4.22. The van der Waals surface area contributed by atoms with Crippen LogP contribution in [0.25, 0.3) is 10.2 Å². The summed E-state index contributed by atoms with van der Waals surface area (Å²) in [4.78, 5) is 4.54. The third-order valence-electron chi connectivity index (χ3n) is 3.19. The topological polar surface area (TPSA) is 51.0 Å². The van der Waals surface area contributed by atoms with Gasteiger partial charge in [-0.25, -0.2) is 4.98 Å². The molecule has 0 atom stereocenters. The quantitative estimate of drug-likeness (QED) is 0.731. The minimum Gasteiger partial charge on any atom is -0.381 e. The smallest absolute Gasteiger partial charge is 0.150 e. The van der Waals surface area contributed by atoms with E-state index in [0.717, 1.165) is 39.1 Å². The number of thiazole rings is 1. The van der Waals surface area contributed by atoms with Gasteiger partial charge in [0.05, 0.1) is 15.9 Å². The fourth-order valence-corrected chi connectivity index (χ4v) is 3.57. The minimum atomic E-state index is 0.723. The molecule has 0 bridgehead atoms. The van der Waals surface area contributed by atoms with E-state index >= 15 is 0 Å². The van der Waals surface area contributed by atoms with Crippen molar-refractivity contribution in [3.8, 4) is 0 Å². The maximum absolute atomic E-state index is 5.17. The average molecular weight is 305 g/mol. The van der Waals surface area contributed by atoms with Crippen molar-refractivity contribution in [1.82, 2.24) is 10.1 Å². The van der Waals surface area contributed by atoms with Crippen molar-refractivity contribution in [2.45, 2.75) is 24.7 Å². The second kappa shape index (κ2) is 5.46. The Labute approximate surface area is 125 Å². The van der Waals surface area contributed by atoms with Crippen LogP contribution in [0.3, 0.4) is 0 Å². The number of nitrogens with one attached hydrogen (secondary N) is 1. The molecule has 2 heterocycles. The zero-order chi connectivity index (χ0) is 14.1. The number of anilines is 1. The SMILES string of the molecule is CSc1nc2ccc(NCc3c(C)noc3C)cc2s1. The van der Waals surface area contributed by atoms with E-state index in [1.54, 1.807) is 23.1 Å². The van der Waals surface area contributed by atoms with Gasteiger partial charge in [-0.05, 0) is 38.3 Å². The van der Waals surface area contributed by atoms with Crippen LogP contribution in [0.4, 0.5) is 5.69 Å². The summed E-state index contributed by atoms with van der Waals surface area (Å²) >= 11 is 3.40. The van der Waals surface area contributed by atoms with Gasteiger partial charge in [0.25, 0.3) is 0 Å². The first-order valence-corrected chi connectivity index (χ1v) is 8.31. The van der Waals surface area contributed by atoms with Gasteiger partial charge in [0.15, 0.2) is 4.34 Å². The van der Waals surface area contributed by atoms with E-state index < -0.39 is 0 Å². The predicted molar refractivity (Wildman–Crippen MR) is 84.7 cm³/mol. The third kappa shape index (κ3) is 2.53. The molecule has 0 unspecified atom stereocenters. The van der Waals surface area contributed by atoms with Crippen molar-refractivity contribution in [3.63, 3.8) is 0 Å². The number of fused-ring (bicyclic) bond motifs is 1. The number of thioether (sulfide) groups is 1. The molecule has 0 spiro atoms. The zero-order valence-corrected chi connectivity index (χ0v) is 13.2. The summed E-state index contributed by atoms with van der Waals surface area (Å²) < 4.78 is 7.48. The Balaban J connectivity index is 1.80. The van der Waals surface area contributed by atoms with Gasteiger partial charge in [0.2, 0.25) is 0 Å². The van der Waals surface area contributed by atoms with E-state index in [0.29, 0.717) is 0 Å². The normalized spacial score (nSPS) is 11.2. The highest BCUT2D eigenvalue weighted by Gasteiger charge is 2.09. The van der Waals surface area contributed by atoms with Crippen LogP contribution in [0.1, 0.15) is 17.0 Å². The molecule has 0 amide bonds. The van der Waals surface area contributed by atoms with Crippen molar-refractivity contribution in [2.75, 3.05) is 11.6 Å². The molecule has 4 nitrogen and oxygen atoms in total. The Hall–Kier alpha value is -1.53. The Morgan fingerprint density at radius 2 is 2.20 bits per heavy atom. The van der Waals surface area contributed by atoms with Gasteiger partial charge < -0.3 is 9.84 Å². The molecule has 0 aliphatic heterocycles. The van der Waals surface area contributed by atoms with Gasteiger partial charge in [-0.1, -0.05) is 16.9 Å². The molecule has 2 aromatic heterocycles.